The summed E-state index contributed by atoms with van der Waals surface area (Å²) in [4.78, 5) is 16.3. The van der Waals surface area contributed by atoms with Gasteiger partial charge in [-0.1, -0.05) is 10.8 Å². The van der Waals surface area contributed by atoms with E-state index >= 15 is 0 Å². The van der Waals surface area contributed by atoms with E-state index in [2.05, 4.69) is 23.7 Å². The first-order valence-corrected chi connectivity index (χ1v) is 7.56. The quantitative estimate of drug-likeness (QED) is 0.455. The van der Waals surface area contributed by atoms with Gasteiger partial charge in [-0.05, 0) is 44.8 Å². The average molecular weight is 287 g/mol. The fourth-order valence-electron chi connectivity index (χ4n) is 1.47. The lowest BCUT2D eigenvalue weighted by Crippen LogP contribution is -2.30. The van der Waals surface area contributed by atoms with Crippen molar-refractivity contribution < 1.29 is 4.92 Å². The maximum absolute atomic E-state index is 10.5. The molecule has 0 saturated heterocycles. The van der Waals surface area contributed by atoms with E-state index in [4.69, 9.17) is 0 Å². The Morgan fingerprint density at radius 1 is 1.44 bits per heavy atom. The van der Waals surface area contributed by atoms with Gasteiger partial charge in [-0.25, -0.2) is 4.98 Å². The molecule has 7 heteroatoms. The van der Waals surface area contributed by atoms with Crippen molar-refractivity contribution in [2.75, 3.05) is 20.6 Å². The van der Waals surface area contributed by atoms with Crippen LogP contribution in [0.1, 0.15) is 13.8 Å². The van der Waals surface area contributed by atoms with Crippen LogP contribution in [0.25, 0.3) is 0 Å². The van der Waals surface area contributed by atoms with E-state index < -0.39 is 4.92 Å². The molecule has 1 rings (SSSR count). The molecule has 1 aromatic rings. The van der Waals surface area contributed by atoms with Crippen LogP contribution in [0.4, 0.5) is 5.69 Å². The molecular weight excluding hydrogens is 270 g/mol. The van der Waals surface area contributed by atoms with Crippen molar-refractivity contribution in [1.82, 2.24) is 9.88 Å². The SMILES string of the molecule is CN(C)CC(C)(C)SSc1ccc([N+](=O)[O-])cn1. The van der Waals surface area contributed by atoms with Gasteiger partial charge >= 0.3 is 0 Å². The van der Waals surface area contributed by atoms with E-state index in [9.17, 15) is 10.1 Å². The minimum absolute atomic E-state index is 0.0249. The lowest BCUT2D eigenvalue weighted by Gasteiger charge is -2.26. The molecule has 0 saturated carbocycles. The van der Waals surface area contributed by atoms with Crippen molar-refractivity contribution in [3.63, 3.8) is 0 Å². The molecule has 0 atom stereocenters. The molecule has 0 N–H and O–H groups in total. The van der Waals surface area contributed by atoms with Crippen molar-refractivity contribution >= 4 is 27.3 Å². The van der Waals surface area contributed by atoms with E-state index in [0.29, 0.717) is 0 Å². The van der Waals surface area contributed by atoms with Crippen LogP contribution in [0.3, 0.4) is 0 Å². The third kappa shape index (κ3) is 5.24. The highest BCUT2D eigenvalue weighted by Crippen LogP contribution is 2.40. The molecule has 0 aliphatic rings. The van der Waals surface area contributed by atoms with Crippen molar-refractivity contribution in [2.24, 2.45) is 0 Å². The molecule has 0 bridgehead atoms. The standard InChI is InChI=1S/C11H17N3O2S2/c1-11(2,8-13(3)4)18-17-10-6-5-9(7-12-10)14(15)16/h5-7H,8H2,1-4H3. The Hall–Kier alpha value is -0.790. The summed E-state index contributed by atoms with van der Waals surface area (Å²) in [6.07, 6.45) is 1.29. The van der Waals surface area contributed by atoms with Crippen molar-refractivity contribution in [3.05, 3.63) is 28.4 Å². The van der Waals surface area contributed by atoms with Crippen LogP contribution in [0.2, 0.25) is 0 Å². The number of pyridine rings is 1. The monoisotopic (exact) mass is 287 g/mol. The Labute approximate surface area is 115 Å². The smallest absolute Gasteiger partial charge is 0.287 e. The van der Waals surface area contributed by atoms with Crippen LogP contribution in [0.15, 0.2) is 23.4 Å². The number of nitrogens with zero attached hydrogens (tertiary/aromatic N) is 3. The van der Waals surface area contributed by atoms with Crippen molar-refractivity contribution in [1.29, 1.82) is 0 Å². The first kappa shape index (κ1) is 15.3. The minimum atomic E-state index is -0.440. The maximum atomic E-state index is 10.5. The summed E-state index contributed by atoms with van der Waals surface area (Å²) in [6.45, 7) is 5.28. The summed E-state index contributed by atoms with van der Waals surface area (Å²) in [7, 11) is 7.34. The van der Waals surface area contributed by atoms with Gasteiger partial charge in [0.2, 0.25) is 0 Å². The van der Waals surface area contributed by atoms with Crippen LogP contribution in [-0.4, -0.2) is 40.2 Å². The molecule has 0 unspecified atom stereocenters. The Balaban J connectivity index is 2.55. The summed E-state index contributed by atoms with van der Waals surface area (Å²) >= 11 is 0. The highest BCUT2D eigenvalue weighted by molar-refractivity contribution is 8.77. The second-order valence-corrected chi connectivity index (χ2v) is 7.63. The zero-order valence-corrected chi connectivity index (χ0v) is 12.5. The third-order valence-electron chi connectivity index (χ3n) is 1.98. The zero-order valence-electron chi connectivity index (χ0n) is 10.9. The molecule has 18 heavy (non-hydrogen) atoms. The van der Waals surface area contributed by atoms with Gasteiger partial charge < -0.3 is 4.90 Å². The lowest BCUT2D eigenvalue weighted by molar-refractivity contribution is -0.385. The number of nitro groups is 1. The minimum Gasteiger partial charge on any atom is -0.308 e. The summed E-state index contributed by atoms with van der Waals surface area (Å²) in [5.74, 6) is 0. The summed E-state index contributed by atoms with van der Waals surface area (Å²) in [5, 5.41) is 11.3. The fourth-order valence-corrected chi connectivity index (χ4v) is 3.70. The third-order valence-corrected chi connectivity index (χ3v) is 5.17. The van der Waals surface area contributed by atoms with Crippen molar-refractivity contribution in [3.8, 4) is 0 Å². The van der Waals surface area contributed by atoms with E-state index in [1.807, 2.05) is 14.1 Å². The van der Waals surface area contributed by atoms with Crippen molar-refractivity contribution in [2.45, 2.75) is 23.6 Å². The molecule has 1 aromatic heterocycles. The molecule has 0 fully saturated rings. The van der Waals surface area contributed by atoms with E-state index in [-0.39, 0.29) is 10.4 Å². The molecule has 0 radical (unpaired) electrons. The molecule has 100 valence electrons. The molecule has 0 aromatic carbocycles. The number of rotatable bonds is 6. The predicted octanol–water partition coefficient (Wildman–Crippen LogP) is 3.07. The molecule has 0 amide bonds. The van der Waals surface area contributed by atoms with Crippen LogP contribution in [0.5, 0.6) is 0 Å². The normalized spacial score (nSPS) is 11.8. The van der Waals surface area contributed by atoms with Crippen LogP contribution >= 0.6 is 21.6 Å². The van der Waals surface area contributed by atoms with Gasteiger partial charge in [0.15, 0.2) is 0 Å². The summed E-state index contributed by atoms with van der Waals surface area (Å²) in [6, 6.07) is 3.16. The molecule has 0 aliphatic heterocycles. The van der Waals surface area contributed by atoms with Gasteiger partial charge in [0, 0.05) is 17.4 Å². The van der Waals surface area contributed by atoms with Crippen LogP contribution in [-0.2, 0) is 0 Å². The Kier molecular flexibility index (Phi) is 5.43. The van der Waals surface area contributed by atoms with E-state index in [1.165, 1.54) is 12.3 Å². The zero-order chi connectivity index (χ0) is 13.8. The molecule has 1 heterocycles. The largest absolute Gasteiger partial charge is 0.308 e. The first-order valence-electron chi connectivity index (χ1n) is 5.41. The second kappa shape index (κ2) is 6.40. The molecule has 0 spiro atoms. The second-order valence-electron chi connectivity index (χ2n) is 4.78. The first-order chi connectivity index (χ1) is 8.30. The summed E-state index contributed by atoms with van der Waals surface area (Å²) < 4.78 is 0.0949. The molecular formula is C11H17N3O2S2. The Morgan fingerprint density at radius 3 is 2.56 bits per heavy atom. The van der Waals surface area contributed by atoms with E-state index in [1.54, 1.807) is 27.7 Å². The highest BCUT2D eigenvalue weighted by atomic mass is 33.1. The highest BCUT2D eigenvalue weighted by Gasteiger charge is 2.20. The van der Waals surface area contributed by atoms with Gasteiger partial charge in [-0.3, -0.25) is 10.1 Å². The van der Waals surface area contributed by atoms with Gasteiger partial charge in [-0.15, -0.1) is 0 Å². The molecule has 5 nitrogen and oxygen atoms in total. The lowest BCUT2D eigenvalue weighted by atomic mass is 10.2. The average Bonchev–Trinajstić information content (AvgIpc) is 2.25. The topological polar surface area (TPSA) is 59.3 Å². The number of aromatic nitrogens is 1. The van der Waals surface area contributed by atoms with Gasteiger partial charge in [0.05, 0.1) is 4.92 Å². The summed E-state index contributed by atoms with van der Waals surface area (Å²) in [5.41, 5.74) is 0.0249. The fraction of sp³-hybridized carbons (Fsp3) is 0.545. The molecule has 0 aliphatic carbocycles. The maximum Gasteiger partial charge on any atom is 0.287 e. The number of hydrogen-bond donors (Lipinski definition) is 0. The van der Waals surface area contributed by atoms with Gasteiger partial charge in [0.25, 0.3) is 5.69 Å². The van der Waals surface area contributed by atoms with Gasteiger partial charge in [0.1, 0.15) is 11.2 Å². The van der Waals surface area contributed by atoms with Crippen LogP contribution in [0, 0.1) is 10.1 Å². The van der Waals surface area contributed by atoms with Crippen LogP contribution < -0.4 is 0 Å². The van der Waals surface area contributed by atoms with E-state index in [0.717, 1.165) is 11.6 Å². The Morgan fingerprint density at radius 2 is 2.11 bits per heavy atom. The Bertz CT molecular complexity index is 407. The number of hydrogen-bond acceptors (Lipinski definition) is 6. The van der Waals surface area contributed by atoms with Gasteiger partial charge in [-0.2, -0.15) is 0 Å². The predicted molar refractivity (Wildman–Crippen MR) is 77.0 cm³/mol.